The summed E-state index contributed by atoms with van der Waals surface area (Å²) in [6.45, 7) is 2.52. The van der Waals surface area contributed by atoms with Crippen molar-refractivity contribution in [2.45, 2.75) is 31.4 Å². The number of nitrogens with zero attached hydrogens (tertiary/aromatic N) is 3. The van der Waals surface area contributed by atoms with E-state index < -0.39 is 21.8 Å². The van der Waals surface area contributed by atoms with Gasteiger partial charge in [-0.2, -0.15) is 0 Å². The normalized spacial score (nSPS) is 11.9. The molecule has 29 heavy (non-hydrogen) atoms. The Morgan fingerprint density at radius 3 is 2.62 bits per heavy atom. The van der Waals surface area contributed by atoms with Gasteiger partial charge in [0.2, 0.25) is 10.0 Å². The molecule has 0 saturated heterocycles. The quantitative estimate of drug-likeness (QED) is 0.550. The summed E-state index contributed by atoms with van der Waals surface area (Å²) in [6, 6.07) is 10.0. The van der Waals surface area contributed by atoms with Crippen LogP contribution in [0.25, 0.3) is 11.0 Å². The molecule has 1 heterocycles. The summed E-state index contributed by atoms with van der Waals surface area (Å²) in [4.78, 5) is 16.8. The molecule has 0 amide bonds. The molecule has 7 nitrogen and oxygen atoms in total. The Morgan fingerprint density at radius 1 is 1.21 bits per heavy atom. The highest BCUT2D eigenvalue weighted by atomic mass is 32.2. The molecular formula is C20H22FN3O4S. The van der Waals surface area contributed by atoms with E-state index >= 15 is 0 Å². The van der Waals surface area contributed by atoms with Crippen LogP contribution in [0.4, 0.5) is 4.39 Å². The first-order chi connectivity index (χ1) is 13.7. The van der Waals surface area contributed by atoms with Crippen molar-refractivity contribution in [3.05, 3.63) is 59.7 Å². The molecule has 0 bridgehead atoms. The molecule has 0 aliphatic heterocycles. The fourth-order valence-corrected chi connectivity index (χ4v) is 3.87. The van der Waals surface area contributed by atoms with Crippen molar-refractivity contribution in [3.63, 3.8) is 0 Å². The maximum Gasteiger partial charge on any atom is 0.338 e. The van der Waals surface area contributed by atoms with Gasteiger partial charge in [-0.15, -0.1) is 0 Å². The van der Waals surface area contributed by atoms with Gasteiger partial charge in [0.05, 0.1) is 21.5 Å². The van der Waals surface area contributed by atoms with Crippen molar-refractivity contribution >= 4 is 27.0 Å². The van der Waals surface area contributed by atoms with Crippen LogP contribution in [-0.4, -0.2) is 42.3 Å². The van der Waals surface area contributed by atoms with E-state index in [9.17, 15) is 17.6 Å². The van der Waals surface area contributed by atoms with E-state index in [2.05, 4.69) is 4.98 Å². The number of hydrogen-bond acceptors (Lipinski definition) is 5. The van der Waals surface area contributed by atoms with Crippen LogP contribution < -0.4 is 0 Å². The lowest BCUT2D eigenvalue weighted by molar-refractivity contribution is 0.0458. The van der Waals surface area contributed by atoms with Gasteiger partial charge in [0.1, 0.15) is 18.2 Å². The Balaban J connectivity index is 1.92. The lowest BCUT2D eigenvalue weighted by atomic mass is 10.2. The van der Waals surface area contributed by atoms with E-state index in [-0.39, 0.29) is 17.1 Å². The zero-order chi connectivity index (χ0) is 21.2. The third-order valence-corrected chi connectivity index (χ3v) is 6.23. The van der Waals surface area contributed by atoms with Gasteiger partial charge >= 0.3 is 5.97 Å². The number of rotatable bonds is 7. The predicted molar refractivity (Wildman–Crippen MR) is 106 cm³/mol. The van der Waals surface area contributed by atoms with Crippen LogP contribution in [0.3, 0.4) is 0 Å². The molecule has 0 N–H and O–H groups in total. The largest absolute Gasteiger partial charge is 0.454 e. The third-order valence-electron chi connectivity index (χ3n) is 4.42. The summed E-state index contributed by atoms with van der Waals surface area (Å²) < 4.78 is 46.4. The Morgan fingerprint density at radius 2 is 1.97 bits per heavy atom. The van der Waals surface area contributed by atoms with Crippen molar-refractivity contribution in [1.29, 1.82) is 0 Å². The SMILES string of the molecule is CCCn1c(COC(=O)c2cccc(F)c2)nc2cc(S(=O)(=O)N(C)C)ccc21. The van der Waals surface area contributed by atoms with Gasteiger partial charge in [0.15, 0.2) is 0 Å². The van der Waals surface area contributed by atoms with E-state index in [0.29, 0.717) is 17.9 Å². The van der Waals surface area contributed by atoms with Crippen LogP contribution in [0.5, 0.6) is 0 Å². The maximum absolute atomic E-state index is 13.3. The number of carbonyl (C=O) groups is 1. The molecule has 3 rings (SSSR count). The summed E-state index contributed by atoms with van der Waals surface area (Å²) in [7, 11) is -0.657. The van der Waals surface area contributed by atoms with Crippen LogP contribution in [0.1, 0.15) is 29.5 Å². The minimum Gasteiger partial charge on any atom is -0.454 e. The van der Waals surface area contributed by atoms with Gasteiger partial charge in [-0.3, -0.25) is 0 Å². The summed E-state index contributed by atoms with van der Waals surface area (Å²) in [5.41, 5.74) is 1.36. The zero-order valence-corrected chi connectivity index (χ0v) is 17.2. The average Bonchev–Trinajstić information content (AvgIpc) is 3.03. The second-order valence-electron chi connectivity index (χ2n) is 6.70. The van der Waals surface area contributed by atoms with Crippen LogP contribution in [-0.2, 0) is 27.9 Å². The number of imidazole rings is 1. The number of aryl methyl sites for hydroxylation is 1. The van der Waals surface area contributed by atoms with E-state index in [4.69, 9.17) is 4.74 Å². The van der Waals surface area contributed by atoms with Crippen LogP contribution in [0.2, 0.25) is 0 Å². The highest BCUT2D eigenvalue weighted by Gasteiger charge is 2.20. The minimum absolute atomic E-state index is 0.111. The van der Waals surface area contributed by atoms with Crippen LogP contribution in [0, 0.1) is 5.82 Å². The third kappa shape index (κ3) is 4.30. The van der Waals surface area contributed by atoms with E-state index in [1.54, 1.807) is 6.07 Å². The monoisotopic (exact) mass is 419 g/mol. The maximum atomic E-state index is 13.3. The molecule has 9 heteroatoms. The molecule has 1 aromatic heterocycles. The number of fused-ring (bicyclic) bond motifs is 1. The summed E-state index contributed by atoms with van der Waals surface area (Å²) in [5, 5.41) is 0. The fraction of sp³-hybridized carbons (Fsp3) is 0.300. The number of esters is 1. The molecule has 2 aromatic carbocycles. The first-order valence-corrected chi connectivity index (χ1v) is 10.5. The molecule has 0 spiro atoms. The number of carbonyl (C=O) groups excluding carboxylic acids is 1. The zero-order valence-electron chi connectivity index (χ0n) is 16.4. The molecule has 0 fully saturated rings. The van der Waals surface area contributed by atoms with Gasteiger partial charge in [0, 0.05) is 20.6 Å². The summed E-state index contributed by atoms with van der Waals surface area (Å²) >= 11 is 0. The van der Waals surface area contributed by atoms with Gasteiger partial charge in [-0.05, 0) is 42.8 Å². The smallest absolute Gasteiger partial charge is 0.338 e. The van der Waals surface area contributed by atoms with Crippen molar-refractivity contribution in [3.8, 4) is 0 Å². The summed E-state index contributed by atoms with van der Waals surface area (Å²) in [5.74, 6) is -0.686. The second kappa shape index (κ2) is 8.30. The van der Waals surface area contributed by atoms with Crippen molar-refractivity contribution in [1.82, 2.24) is 13.9 Å². The lowest BCUT2D eigenvalue weighted by Crippen LogP contribution is -2.22. The predicted octanol–water partition coefficient (Wildman–Crippen LogP) is 3.19. The Hall–Kier alpha value is -2.78. The first kappa shape index (κ1) is 20.9. The standard InChI is InChI=1S/C20H22FN3O4S/c1-4-10-24-18-9-8-16(29(26,27)23(2)3)12-17(18)22-19(24)13-28-20(25)14-6-5-7-15(21)11-14/h5-9,11-12H,4,10,13H2,1-3H3. The van der Waals surface area contributed by atoms with Crippen molar-refractivity contribution in [2.24, 2.45) is 0 Å². The number of benzene rings is 2. The molecule has 0 saturated carbocycles. The molecular weight excluding hydrogens is 397 g/mol. The molecule has 0 radical (unpaired) electrons. The van der Waals surface area contributed by atoms with Gasteiger partial charge in [-0.1, -0.05) is 13.0 Å². The first-order valence-electron chi connectivity index (χ1n) is 9.08. The Labute approximate surface area is 168 Å². The molecule has 0 aliphatic carbocycles. The highest BCUT2D eigenvalue weighted by molar-refractivity contribution is 7.89. The topological polar surface area (TPSA) is 81.5 Å². The van der Waals surface area contributed by atoms with E-state index in [0.717, 1.165) is 22.3 Å². The lowest BCUT2D eigenvalue weighted by Gasteiger charge is -2.11. The van der Waals surface area contributed by atoms with E-state index in [1.807, 2.05) is 11.5 Å². The van der Waals surface area contributed by atoms with Crippen LogP contribution in [0.15, 0.2) is 47.4 Å². The second-order valence-corrected chi connectivity index (χ2v) is 8.86. The average molecular weight is 419 g/mol. The van der Waals surface area contributed by atoms with Gasteiger partial charge in [0.25, 0.3) is 0 Å². The molecule has 0 unspecified atom stereocenters. The Bertz CT molecular complexity index is 1160. The Kier molecular flexibility index (Phi) is 5.99. The minimum atomic E-state index is -3.59. The number of ether oxygens (including phenoxy) is 1. The van der Waals surface area contributed by atoms with Gasteiger partial charge < -0.3 is 9.30 Å². The summed E-state index contributed by atoms with van der Waals surface area (Å²) in [6.07, 6.45) is 0.814. The van der Waals surface area contributed by atoms with Crippen molar-refractivity contribution in [2.75, 3.05) is 14.1 Å². The number of sulfonamides is 1. The number of hydrogen-bond donors (Lipinski definition) is 0. The number of aromatic nitrogens is 2. The molecule has 3 aromatic rings. The van der Waals surface area contributed by atoms with Gasteiger partial charge in [-0.25, -0.2) is 26.9 Å². The fourth-order valence-electron chi connectivity index (χ4n) is 2.94. The molecule has 0 aliphatic rings. The highest BCUT2D eigenvalue weighted by Crippen LogP contribution is 2.23. The molecule has 154 valence electrons. The molecule has 0 atom stereocenters. The van der Waals surface area contributed by atoms with E-state index in [1.165, 1.54) is 44.4 Å². The van der Waals surface area contributed by atoms with Crippen LogP contribution >= 0.6 is 0 Å². The number of halogens is 1. The van der Waals surface area contributed by atoms with Crippen molar-refractivity contribution < 1.29 is 22.3 Å².